The number of ether oxygens (including phenoxy) is 1. The molecule has 1 rings (SSSR count). The molecule has 0 heterocycles. The Hall–Kier alpha value is 0.210. The highest BCUT2D eigenvalue weighted by molar-refractivity contribution is 6.18. The molecule has 0 aromatic carbocycles. The van der Waals surface area contributed by atoms with Crippen molar-refractivity contribution in [3.8, 4) is 0 Å². The van der Waals surface area contributed by atoms with Crippen molar-refractivity contribution in [2.75, 3.05) is 0 Å². The fourth-order valence-corrected chi connectivity index (χ4v) is 1.85. The van der Waals surface area contributed by atoms with Crippen LogP contribution in [0.15, 0.2) is 0 Å². The first kappa shape index (κ1) is 10.3. The minimum absolute atomic E-state index is 0.116. The molecule has 3 heteroatoms. The van der Waals surface area contributed by atoms with Gasteiger partial charge in [-0.1, -0.05) is 43.7 Å². The maximum absolute atomic E-state index is 10.5. The third-order valence-electron chi connectivity index (χ3n) is 2.35. The monoisotopic (exact) mass is 191 g/mol. The number of hydrogen-bond donors (Lipinski definition) is 0. The van der Waals surface area contributed by atoms with Gasteiger partial charge < -0.3 is 4.74 Å². The molecule has 0 spiro atoms. The highest BCUT2D eigenvalue weighted by Crippen LogP contribution is 2.20. The summed E-state index contributed by atoms with van der Waals surface area (Å²) in [6.45, 7) is 0. The summed E-state index contributed by atoms with van der Waals surface area (Å²) < 4.78 is 5.04. The van der Waals surface area contributed by atoms with E-state index in [2.05, 4.69) is 0 Å². The quantitative estimate of drug-likeness (QED) is 0.487. The van der Waals surface area contributed by atoms with Gasteiger partial charge >= 0.3 is 0 Å². The molecule has 1 aliphatic rings. The van der Waals surface area contributed by atoms with E-state index in [1.54, 1.807) is 0 Å². The van der Waals surface area contributed by atoms with Gasteiger partial charge in [-0.25, -0.2) is 0 Å². The molecule has 0 saturated heterocycles. The Labute approximate surface area is 78.9 Å². The van der Waals surface area contributed by atoms with Gasteiger partial charge in [0.15, 0.2) is 0 Å². The Morgan fingerprint density at radius 2 is 1.58 bits per heavy atom. The average molecular weight is 192 g/mol. The van der Waals surface area contributed by atoms with E-state index in [9.17, 15) is 5.11 Å². The van der Waals surface area contributed by atoms with Crippen molar-refractivity contribution < 1.29 is 9.84 Å². The average Bonchev–Trinajstić information content (AvgIpc) is 1.93. The van der Waals surface area contributed by atoms with Gasteiger partial charge in [0, 0.05) is 0 Å². The normalized spacial score (nSPS) is 24.5. The van der Waals surface area contributed by atoms with Crippen LogP contribution in [0, 0.1) is 0 Å². The molecule has 0 bridgehead atoms. The first-order chi connectivity index (χ1) is 5.79. The van der Waals surface area contributed by atoms with E-state index in [4.69, 9.17) is 16.3 Å². The molecule has 1 aliphatic carbocycles. The highest BCUT2D eigenvalue weighted by Gasteiger charge is 2.14. The van der Waals surface area contributed by atoms with Gasteiger partial charge in [0.25, 0.3) is 5.75 Å². The molecule has 0 N–H and O–H groups in total. The van der Waals surface area contributed by atoms with E-state index in [0.29, 0.717) is 0 Å². The van der Waals surface area contributed by atoms with E-state index in [1.165, 1.54) is 32.1 Å². The maximum atomic E-state index is 10.5. The lowest BCUT2D eigenvalue weighted by Gasteiger charge is -2.19. The minimum atomic E-state index is -1.37. The second kappa shape index (κ2) is 5.79. The zero-order valence-electron chi connectivity index (χ0n) is 7.30. The van der Waals surface area contributed by atoms with E-state index in [1.807, 2.05) is 0 Å². The summed E-state index contributed by atoms with van der Waals surface area (Å²) in [6.07, 6.45) is 8.34. The first-order valence-corrected chi connectivity index (χ1v) is 5.18. The first-order valence-electron chi connectivity index (χ1n) is 4.74. The largest absolute Gasteiger partial charge is 0.334 e. The van der Waals surface area contributed by atoms with Gasteiger partial charge in [0.05, 0.1) is 6.10 Å². The fraction of sp³-hybridized carbons (Fsp3) is 1.00. The van der Waals surface area contributed by atoms with Crippen molar-refractivity contribution in [2.45, 2.75) is 56.8 Å². The predicted molar refractivity (Wildman–Crippen MR) is 47.5 cm³/mol. The van der Waals surface area contributed by atoms with Crippen molar-refractivity contribution in [2.24, 2.45) is 0 Å². The Morgan fingerprint density at radius 3 is 2.08 bits per heavy atom. The van der Waals surface area contributed by atoms with Gasteiger partial charge in [-0.15, -0.1) is 0 Å². The number of alkyl halides is 1. The molecule has 1 atom stereocenters. The lowest BCUT2D eigenvalue weighted by Crippen LogP contribution is -2.18. The molecule has 1 radical (unpaired) electrons. The van der Waals surface area contributed by atoms with E-state index in [0.717, 1.165) is 12.8 Å². The lowest BCUT2D eigenvalue weighted by molar-refractivity contribution is -0.122. The molecule has 1 unspecified atom stereocenters. The standard InChI is InChI=1S/C9H16ClO2/c10-9(11)12-8-6-4-2-1-3-5-7-8/h8-9H,1-7H2. The number of halogens is 1. The molecule has 71 valence electrons. The Balaban J connectivity index is 2.20. The lowest BCUT2D eigenvalue weighted by atomic mass is 9.99. The van der Waals surface area contributed by atoms with Crippen LogP contribution in [0.3, 0.4) is 0 Å². The summed E-state index contributed by atoms with van der Waals surface area (Å²) in [5, 5.41) is 10.5. The van der Waals surface area contributed by atoms with E-state index < -0.39 is 5.75 Å². The molecule has 2 nitrogen and oxygen atoms in total. The SMILES string of the molecule is [O]C(Cl)OC1CCCCCCC1. The molecule has 0 aromatic rings. The number of rotatable bonds is 2. The number of hydrogen-bond acceptors (Lipinski definition) is 1. The predicted octanol–water partition coefficient (Wildman–Crippen LogP) is 3.07. The van der Waals surface area contributed by atoms with Crippen LogP contribution in [0.5, 0.6) is 0 Å². The van der Waals surface area contributed by atoms with Crippen LogP contribution in [0.1, 0.15) is 44.9 Å². The van der Waals surface area contributed by atoms with Crippen molar-refractivity contribution in [3.05, 3.63) is 0 Å². The molecule has 1 saturated carbocycles. The molecule has 0 aliphatic heterocycles. The molecular formula is C9H16ClO2. The van der Waals surface area contributed by atoms with Crippen LogP contribution in [-0.4, -0.2) is 11.9 Å². The smallest absolute Gasteiger partial charge is 0.268 e. The Bertz CT molecular complexity index is 109. The topological polar surface area (TPSA) is 29.1 Å². The maximum Gasteiger partial charge on any atom is 0.268 e. The Kier molecular flexibility index (Phi) is 4.96. The van der Waals surface area contributed by atoms with Crippen molar-refractivity contribution >= 4 is 11.6 Å². The summed E-state index contributed by atoms with van der Waals surface area (Å²) in [5.41, 5.74) is 0. The minimum Gasteiger partial charge on any atom is -0.334 e. The highest BCUT2D eigenvalue weighted by atomic mass is 35.5. The third kappa shape index (κ3) is 4.29. The van der Waals surface area contributed by atoms with Crippen LogP contribution in [0.2, 0.25) is 0 Å². The summed E-state index contributed by atoms with van der Waals surface area (Å²) in [6, 6.07) is 0. The zero-order chi connectivity index (χ0) is 8.81. The van der Waals surface area contributed by atoms with Gasteiger partial charge in [-0.05, 0) is 12.8 Å². The zero-order valence-corrected chi connectivity index (χ0v) is 8.05. The van der Waals surface area contributed by atoms with E-state index in [-0.39, 0.29) is 6.10 Å². The van der Waals surface area contributed by atoms with Crippen LogP contribution >= 0.6 is 11.6 Å². The van der Waals surface area contributed by atoms with Gasteiger partial charge in [-0.3, -0.25) is 0 Å². The molecule has 12 heavy (non-hydrogen) atoms. The summed E-state index contributed by atoms with van der Waals surface area (Å²) >= 11 is 5.23. The molecule has 0 aromatic heterocycles. The van der Waals surface area contributed by atoms with Crippen molar-refractivity contribution in [1.82, 2.24) is 0 Å². The van der Waals surface area contributed by atoms with E-state index >= 15 is 0 Å². The molecule has 0 amide bonds. The van der Waals surface area contributed by atoms with Crippen LogP contribution in [0.25, 0.3) is 0 Å². The van der Waals surface area contributed by atoms with Crippen LogP contribution < -0.4 is 0 Å². The van der Waals surface area contributed by atoms with Crippen molar-refractivity contribution in [1.29, 1.82) is 0 Å². The summed E-state index contributed by atoms with van der Waals surface area (Å²) in [5.74, 6) is -1.37. The Morgan fingerprint density at radius 1 is 1.08 bits per heavy atom. The summed E-state index contributed by atoms with van der Waals surface area (Å²) in [7, 11) is 0. The summed E-state index contributed by atoms with van der Waals surface area (Å²) in [4.78, 5) is 0. The molecular weight excluding hydrogens is 176 g/mol. The van der Waals surface area contributed by atoms with Crippen LogP contribution in [0.4, 0.5) is 0 Å². The van der Waals surface area contributed by atoms with Crippen molar-refractivity contribution in [3.63, 3.8) is 0 Å². The second-order valence-corrected chi connectivity index (χ2v) is 3.73. The van der Waals surface area contributed by atoms with Crippen LogP contribution in [-0.2, 0) is 9.84 Å². The second-order valence-electron chi connectivity index (χ2n) is 3.38. The molecule has 1 fully saturated rings. The fourth-order valence-electron chi connectivity index (χ4n) is 1.71. The third-order valence-corrected chi connectivity index (χ3v) is 2.45. The van der Waals surface area contributed by atoms with Gasteiger partial charge in [0.1, 0.15) is 0 Å². The van der Waals surface area contributed by atoms with Gasteiger partial charge in [-0.2, -0.15) is 5.11 Å². The van der Waals surface area contributed by atoms with Gasteiger partial charge in [0.2, 0.25) is 0 Å².